The van der Waals surface area contributed by atoms with Crippen molar-refractivity contribution in [2.45, 2.75) is 13.0 Å². The topological polar surface area (TPSA) is 90.0 Å². The van der Waals surface area contributed by atoms with Gasteiger partial charge in [0.2, 0.25) is 0 Å². The second kappa shape index (κ2) is 6.43. The lowest BCUT2D eigenvalue weighted by atomic mass is 10.1. The Bertz CT molecular complexity index is 709. The Kier molecular flexibility index (Phi) is 4.59. The van der Waals surface area contributed by atoms with E-state index < -0.39 is 29.9 Å². The fourth-order valence-electron chi connectivity index (χ4n) is 2.16. The Morgan fingerprint density at radius 2 is 1.91 bits per heavy atom. The summed E-state index contributed by atoms with van der Waals surface area (Å²) in [5.41, 5.74) is 0.410. The number of hydrogen-bond donors (Lipinski definition) is 0. The Labute approximate surface area is 132 Å². The lowest BCUT2D eigenvalue weighted by molar-refractivity contribution is -0.149. The summed E-state index contributed by atoms with van der Waals surface area (Å²) >= 11 is 0. The van der Waals surface area contributed by atoms with Gasteiger partial charge in [0.25, 0.3) is 11.8 Å². The van der Waals surface area contributed by atoms with Crippen LogP contribution in [0.2, 0.25) is 0 Å². The third kappa shape index (κ3) is 2.98. The quantitative estimate of drug-likeness (QED) is 0.460. The number of esters is 2. The summed E-state index contributed by atoms with van der Waals surface area (Å²) in [6, 6.07) is 4.04. The minimum absolute atomic E-state index is 0.0705. The van der Waals surface area contributed by atoms with Crippen LogP contribution in [0.1, 0.15) is 38.0 Å². The van der Waals surface area contributed by atoms with E-state index >= 15 is 0 Å². The molecule has 0 aromatic heterocycles. The molecule has 0 spiro atoms. The van der Waals surface area contributed by atoms with Gasteiger partial charge in [0.1, 0.15) is 0 Å². The molecule has 23 heavy (non-hydrogen) atoms. The highest BCUT2D eigenvalue weighted by atomic mass is 16.6. The van der Waals surface area contributed by atoms with Gasteiger partial charge in [-0.2, -0.15) is 0 Å². The van der Waals surface area contributed by atoms with Crippen LogP contribution in [0.5, 0.6) is 0 Å². The summed E-state index contributed by atoms with van der Waals surface area (Å²) in [7, 11) is 1.18. The van der Waals surface area contributed by atoms with E-state index in [1.807, 2.05) is 0 Å². The third-order valence-electron chi connectivity index (χ3n) is 3.33. The van der Waals surface area contributed by atoms with Gasteiger partial charge in [-0.1, -0.05) is 6.08 Å². The molecule has 0 aliphatic carbocycles. The summed E-state index contributed by atoms with van der Waals surface area (Å²) in [4.78, 5) is 48.6. The molecule has 0 bridgehead atoms. The average Bonchev–Trinajstić information content (AvgIpc) is 2.78. The molecule has 0 saturated carbocycles. The van der Waals surface area contributed by atoms with Crippen LogP contribution < -0.4 is 0 Å². The Balaban J connectivity index is 2.25. The highest BCUT2D eigenvalue weighted by Gasteiger charge is 2.35. The van der Waals surface area contributed by atoms with Crippen molar-refractivity contribution in [1.29, 1.82) is 0 Å². The second-order valence-electron chi connectivity index (χ2n) is 4.84. The van der Waals surface area contributed by atoms with Crippen LogP contribution in [-0.4, -0.2) is 48.4 Å². The number of benzene rings is 1. The number of carbonyl (C=O) groups excluding carboxylic acids is 4. The molecule has 1 aromatic rings. The molecule has 0 unspecified atom stereocenters. The van der Waals surface area contributed by atoms with Crippen molar-refractivity contribution in [2.24, 2.45) is 0 Å². The van der Waals surface area contributed by atoms with Gasteiger partial charge >= 0.3 is 11.9 Å². The number of nitrogens with zero attached hydrogens (tertiary/aromatic N) is 1. The molecular weight excluding hydrogens is 302 g/mol. The first kappa shape index (κ1) is 16.4. The van der Waals surface area contributed by atoms with Gasteiger partial charge in [0.15, 0.2) is 6.10 Å². The number of hydrogen-bond acceptors (Lipinski definition) is 6. The summed E-state index contributed by atoms with van der Waals surface area (Å²) in [5.74, 6) is -2.41. The third-order valence-corrected chi connectivity index (χ3v) is 3.33. The molecule has 2 amide bonds. The van der Waals surface area contributed by atoms with Crippen LogP contribution in [-0.2, 0) is 14.3 Å². The van der Waals surface area contributed by atoms with Gasteiger partial charge in [-0.3, -0.25) is 14.5 Å². The standard InChI is InChI=1S/C16H15NO6/c1-4-7-17-13(18)11-6-5-10(8-12(11)14(17)19)16(21)23-9(2)15(20)22-3/h4-6,8-9H,1,7H2,2-3H3/t9-/m0/s1. The van der Waals surface area contributed by atoms with E-state index in [9.17, 15) is 19.2 Å². The van der Waals surface area contributed by atoms with Crippen molar-refractivity contribution < 1.29 is 28.7 Å². The zero-order valence-electron chi connectivity index (χ0n) is 12.7. The molecule has 1 aliphatic rings. The summed E-state index contributed by atoms with van der Waals surface area (Å²) in [5, 5.41) is 0. The lowest BCUT2D eigenvalue weighted by Gasteiger charge is -2.11. The van der Waals surface area contributed by atoms with Crippen molar-refractivity contribution in [3.05, 3.63) is 47.5 Å². The highest BCUT2D eigenvalue weighted by Crippen LogP contribution is 2.24. The molecular formula is C16H15NO6. The van der Waals surface area contributed by atoms with Crippen LogP contribution in [0.15, 0.2) is 30.9 Å². The first-order chi connectivity index (χ1) is 10.9. The predicted octanol–water partition coefficient (Wildman–Crippen LogP) is 1.19. The monoisotopic (exact) mass is 317 g/mol. The first-order valence-corrected chi connectivity index (χ1v) is 6.80. The molecule has 2 rings (SSSR count). The SMILES string of the molecule is C=CCN1C(=O)c2ccc(C(=O)O[C@@H](C)C(=O)OC)cc2C1=O. The van der Waals surface area contributed by atoms with E-state index in [2.05, 4.69) is 11.3 Å². The number of methoxy groups -OCH3 is 1. The van der Waals surface area contributed by atoms with Gasteiger partial charge in [0.05, 0.1) is 23.8 Å². The predicted molar refractivity (Wildman–Crippen MR) is 78.9 cm³/mol. The fraction of sp³-hybridized carbons (Fsp3) is 0.250. The van der Waals surface area contributed by atoms with Crippen LogP contribution in [0.25, 0.3) is 0 Å². The highest BCUT2D eigenvalue weighted by molar-refractivity contribution is 6.22. The summed E-state index contributed by atoms with van der Waals surface area (Å²) < 4.78 is 9.41. The molecule has 1 heterocycles. The number of ether oxygens (including phenoxy) is 2. The maximum atomic E-state index is 12.2. The molecule has 7 nitrogen and oxygen atoms in total. The molecule has 1 aliphatic heterocycles. The van der Waals surface area contributed by atoms with Gasteiger partial charge in [-0.15, -0.1) is 6.58 Å². The zero-order valence-corrected chi connectivity index (χ0v) is 12.7. The van der Waals surface area contributed by atoms with E-state index in [4.69, 9.17) is 4.74 Å². The largest absolute Gasteiger partial charge is 0.466 e. The van der Waals surface area contributed by atoms with Gasteiger partial charge in [0, 0.05) is 6.54 Å². The molecule has 1 aromatic carbocycles. The smallest absolute Gasteiger partial charge is 0.346 e. The molecule has 0 saturated heterocycles. The van der Waals surface area contributed by atoms with Crippen LogP contribution >= 0.6 is 0 Å². The van der Waals surface area contributed by atoms with Gasteiger partial charge in [-0.25, -0.2) is 9.59 Å². The maximum Gasteiger partial charge on any atom is 0.346 e. The summed E-state index contributed by atoms with van der Waals surface area (Å²) in [6.45, 7) is 4.96. The molecule has 7 heteroatoms. The van der Waals surface area contributed by atoms with Gasteiger partial charge in [-0.05, 0) is 25.1 Å². The molecule has 0 radical (unpaired) electrons. The Morgan fingerprint density at radius 1 is 1.26 bits per heavy atom. The van der Waals surface area contributed by atoms with Crippen molar-refractivity contribution in [3.63, 3.8) is 0 Å². The normalized spacial score (nSPS) is 14.3. The zero-order chi connectivity index (χ0) is 17.1. The van der Waals surface area contributed by atoms with Crippen molar-refractivity contribution >= 4 is 23.8 Å². The molecule has 120 valence electrons. The molecule has 0 N–H and O–H groups in total. The lowest BCUT2D eigenvalue weighted by Crippen LogP contribution is -2.29. The van der Waals surface area contributed by atoms with Crippen LogP contribution in [0.4, 0.5) is 0 Å². The summed E-state index contributed by atoms with van der Waals surface area (Å²) in [6.07, 6.45) is 0.366. The Morgan fingerprint density at radius 3 is 2.52 bits per heavy atom. The van der Waals surface area contributed by atoms with E-state index in [1.54, 1.807) is 0 Å². The van der Waals surface area contributed by atoms with Crippen molar-refractivity contribution in [2.75, 3.05) is 13.7 Å². The van der Waals surface area contributed by atoms with E-state index in [0.717, 1.165) is 4.90 Å². The van der Waals surface area contributed by atoms with Crippen molar-refractivity contribution in [1.82, 2.24) is 4.90 Å². The number of imide groups is 1. The van der Waals surface area contributed by atoms with Gasteiger partial charge < -0.3 is 9.47 Å². The Hall–Kier alpha value is -2.96. The van der Waals surface area contributed by atoms with Crippen LogP contribution in [0.3, 0.4) is 0 Å². The second-order valence-corrected chi connectivity index (χ2v) is 4.84. The van der Waals surface area contributed by atoms with Crippen molar-refractivity contribution in [3.8, 4) is 0 Å². The van der Waals surface area contributed by atoms with E-state index in [-0.39, 0.29) is 23.2 Å². The average molecular weight is 317 g/mol. The molecule has 1 atom stereocenters. The maximum absolute atomic E-state index is 12.2. The van der Waals surface area contributed by atoms with E-state index in [1.165, 1.54) is 38.3 Å². The van der Waals surface area contributed by atoms with Crippen LogP contribution in [0, 0.1) is 0 Å². The number of fused-ring (bicyclic) bond motifs is 1. The molecule has 0 fully saturated rings. The minimum atomic E-state index is -1.07. The number of rotatable bonds is 5. The van der Waals surface area contributed by atoms with E-state index in [0.29, 0.717) is 0 Å². The number of amides is 2. The minimum Gasteiger partial charge on any atom is -0.466 e. The first-order valence-electron chi connectivity index (χ1n) is 6.80. The fourth-order valence-corrected chi connectivity index (χ4v) is 2.16. The number of carbonyl (C=O) groups is 4.